The van der Waals surface area contributed by atoms with Crippen LogP contribution < -0.4 is 16.2 Å². The van der Waals surface area contributed by atoms with Gasteiger partial charge in [-0.15, -0.1) is 45.3 Å². The van der Waals surface area contributed by atoms with Crippen molar-refractivity contribution < 1.29 is 54.6 Å². The van der Waals surface area contributed by atoms with Crippen molar-refractivity contribution in [2.45, 2.75) is 111 Å². The first-order chi connectivity index (χ1) is 61.7. The lowest BCUT2D eigenvalue weighted by molar-refractivity contribution is -0.133. The molecule has 11 aromatic heterocycles. The molecule has 0 saturated heterocycles. The number of ether oxygens (including phenoxy) is 1. The minimum atomic E-state index is -0.446. The molecule has 0 saturated carbocycles. The van der Waals surface area contributed by atoms with Crippen molar-refractivity contribution in [2.75, 3.05) is 57.8 Å². The van der Waals surface area contributed by atoms with Crippen molar-refractivity contribution in [3.8, 4) is 84.9 Å². The molecule has 0 aliphatic carbocycles. The van der Waals surface area contributed by atoms with Crippen LogP contribution in [0.15, 0.2) is 170 Å². The van der Waals surface area contributed by atoms with Gasteiger partial charge < -0.3 is 35.8 Å². The molecule has 0 radical (unpaired) electrons. The SMILES string of the molecule is COc1cc(-c2cc(C(C)C)n(CC(=O)N3CCc4nc(N)sc4CC3)n2)ccc1F.Cc1nc2c(s1)CCN(C(=O)Cn1nc(-c3ccc(F)cn3)cc1-c1ccc(F)cc1)CC2.Cc1nc2c(s1)CN(C(=O)Cn1nc(-c3ccc(F)cn3)cc1-c1ccc(F)cc1)C2.Nc1nc2c(s1)CCN(C(=O)Cn1nc(-c3ccc(F)cn3)cc1-c1ccc(F)cc1)CC2. The number of carbonyl (C=O) groups is 4. The van der Waals surface area contributed by atoms with Gasteiger partial charge >= 0.3 is 0 Å². The predicted molar refractivity (Wildman–Crippen MR) is 474 cm³/mol. The average molecular weight is 1810 g/mol. The highest BCUT2D eigenvalue weighted by Gasteiger charge is 2.31. The normalized spacial score (nSPS) is 13.5. The zero-order valence-electron chi connectivity index (χ0n) is 69.9. The number of hydrogen-bond acceptors (Lipinski definition) is 22. The van der Waals surface area contributed by atoms with Crippen LogP contribution in [0.4, 0.5) is 41.0 Å². The van der Waals surface area contributed by atoms with Gasteiger partial charge in [0.15, 0.2) is 21.8 Å². The molecule has 4 amide bonds. The highest BCUT2D eigenvalue weighted by Crippen LogP contribution is 2.36. The molecular formula is C91H84F7N21O5S4. The molecule has 128 heavy (non-hydrogen) atoms. The van der Waals surface area contributed by atoms with E-state index in [4.69, 9.17) is 16.2 Å². The quantitative estimate of drug-likeness (QED) is 0.0800. The molecule has 4 N–H and O–H groups in total. The topological polar surface area (TPSA) is 304 Å². The average Bonchev–Trinajstić information content (AvgIpc) is 1.66. The number of fused-ring (bicyclic) bond motifs is 4. The van der Waals surface area contributed by atoms with E-state index in [0.717, 1.165) is 97.2 Å². The van der Waals surface area contributed by atoms with E-state index < -0.39 is 23.3 Å². The summed E-state index contributed by atoms with van der Waals surface area (Å²) < 4.78 is 106. The smallest absolute Gasteiger partial charge is 0.245 e. The molecule has 0 bridgehead atoms. The summed E-state index contributed by atoms with van der Waals surface area (Å²) in [5.74, 6) is -2.64. The minimum Gasteiger partial charge on any atom is -0.494 e. The van der Waals surface area contributed by atoms with Gasteiger partial charge in [-0.05, 0) is 171 Å². The molecule has 0 fully saturated rings. The zero-order chi connectivity index (χ0) is 89.6. The van der Waals surface area contributed by atoms with E-state index in [9.17, 15) is 49.9 Å². The second-order valence-corrected chi connectivity index (χ2v) is 35.7. The standard InChI is InChI=1S/C24H21F2N5OS.C23H20F2N6OS.C22H17F2N5OS.C22H26FN5O2S/c1-15-28-20-8-10-30(11-9-23(20)33-15)24(32)14-31-22(16-2-4-17(25)5-3-16)12-21(29-31)19-7-6-18(26)13-27-19;24-15-3-1-14(2-4-15)20-11-19(17-6-5-16(25)12-27-17)29-31(20)13-22(32)30-9-7-18-21(8-10-30)33-23(26)28-18;1-13-26-19-10-28(11-21(19)31-13)22(30)12-29-20(14-2-4-15(23)5-3-14)8-18(27-29)17-7-6-16(24)9-25-17;1-13(2)18-11-17(14-4-5-15(23)19(10-14)30-3)26-28(18)12-21(29)27-8-6-16-20(7-9-27)31-22(24)25-16/h2-7,12-13H,8-11,14H2,1H3;1-6,11-12H,7-10,13H2,(H2,26,28);2-9H,10-12H2,1H3;4-5,10-11,13H,6-9,12H2,1-3H3,(H2,24,25). The van der Waals surface area contributed by atoms with Crippen molar-refractivity contribution in [1.29, 1.82) is 0 Å². The molecule has 15 aromatic rings. The Kier molecular flexibility index (Phi) is 26.6. The molecule has 26 nitrogen and oxygen atoms in total. The summed E-state index contributed by atoms with van der Waals surface area (Å²) in [6, 6.07) is 38.5. The van der Waals surface area contributed by atoms with E-state index in [1.165, 1.54) is 112 Å². The second-order valence-electron chi connectivity index (χ2n) is 30.9. The number of benzene rings is 4. The van der Waals surface area contributed by atoms with Crippen molar-refractivity contribution in [3.63, 3.8) is 0 Å². The van der Waals surface area contributed by atoms with Crippen LogP contribution in [0.3, 0.4) is 0 Å². The molecule has 0 unspecified atom stereocenters. The number of nitrogens with zero attached hydrogens (tertiary/aromatic N) is 19. The Labute approximate surface area is 746 Å². The Hall–Kier alpha value is -13.5. The maximum Gasteiger partial charge on any atom is 0.245 e. The van der Waals surface area contributed by atoms with Gasteiger partial charge in [-0.25, -0.2) is 50.7 Å². The van der Waals surface area contributed by atoms with Crippen LogP contribution in [-0.2, 0) is 97.0 Å². The first-order valence-electron chi connectivity index (χ1n) is 41.0. The van der Waals surface area contributed by atoms with Crippen LogP contribution in [0.25, 0.3) is 79.2 Å². The molecule has 19 rings (SSSR count). The van der Waals surface area contributed by atoms with Crippen molar-refractivity contribution in [1.82, 2.24) is 93.6 Å². The number of halogens is 7. The minimum absolute atomic E-state index is 0.0110. The predicted octanol–water partition coefficient (Wildman–Crippen LogP) is 15.5. The van der Waals surface area contributed by atoms with E-state index in [2.05, 4.69) is 69.1 Å². The fourth-order valence-electron chi connectivity index (χ4n) is 15.4. The van der Waals surface area contributed by atoms with E-state index >= 15 is 0 Å². The van der Waals surface area contributed by atoms with Gasteiger partial charge in [-0.2, -0.15) is 20.4 Å². The summed E-state index contributed by atoms with van der Waals surface area (Å²) in [5.41, 5.74) is 25.1. The zero-order valence-corrected chi connectivity index (χ0v) is 73.2. The largest absolute Gasteiger partial charge is 0.494 e. The van der Waals surface area contributed by atoms with Crippen LogP contribution in [0.1, 0.15) is 77.8 Å². The van der Waals surface area contributed by atoms with Crippen molar-refractivity contribution >= 4 is 79.2 Å². The molecule has 15 heterocycles. The third-order valence-electron chi connectivity index (χ3n) is 21.8. The lowest BCUT2D eigenvalue weighted by atomic mass is 10.1. The van der Waals surface area contributed by atoms with Gasteiger partial charge in [0.1, 0.15) is 78.2 Å². The summed E-state index contributed by atoms with van der Waals surface area (Å²) in [6.07, 6.45) is 7.75. The summed E-state index contributed by atoms with van der Waals surface area (Å²) in [5, 5.41) is 21.6. The monoisotopic (exact) mass is 1810 g/mol. The Morgan fingerprint density at radius 1 is 0.367 bits per heavy atom. The number of pyridine rings is 3. The number of methoxy groups -OCH3 is 1. The molecule has 4 aliphatic heterocycles. The number of hydrogen-bond donors (Lipinski definition) is 2. The lowest BCUT2D eigenvalue weighted by Crippen LogP contribution is -2.36. The van der Waals surface area contributed by atoms with Gasteiger partial charge in [0.2, 0.25) is 23.6 Å². The maximum absolute atomic E-state index is 13.8. The highest BCUT2D eigenvalue weighted by molar-refractivity contribution is 7.15. The molecule has 37 heteroatoms. The fraction of sp³-hybridized carbons (Fsp3) is 0.264. The van der Waals surface area contributed by atoms with E-state index in [1.54, 1.807) is 124 Å². The van der Waals surface area contributed by atoms with Crippen LogP contribution >= 0.6 is 45.3 Å². The number of carbonyl (C=O) groups excluding carboxylic acids is 4. The number of anilines is 2. The number of aryl methyl sites for hydroxylation is 2. The van der Waals surface area contributed by atoms with E-state index in [1.807, 2.05) is 29.7 Å². The molecule has 4 aliphatic rings. The summed E-state index contributed by atoms with van der Waals surface area (Å²) >= 11 is 6.28. The number of amides is 4. The summed E-state index contributed by atoms with van der Waals surface area (Å²) in [4.78, 5) is 94.5. The van der Waals surface area contributed by atoms with Gasteiger partial charge in [-0.3, -0.25) is 52.9 Å². The van der Waals surface area contributed by atoms with Crippen LogP contribution in [0.5, 0.6) is 5.75 Å². The third-order valence-corrected chi connectivity index (χ3v) is 25.9. The van der Waals surface area contributed by atoms with Crippen molar-refractivity contribution in [3.05, 3.63) is 269 Å². The highest BCUT2D eigenvalue weighted by atomic mass is 32.1. The van der Waals surface area contributed by atoms with Gasteiger partial charge in [0, 0.05) is 125 Å². The number of thiazole rings is 4. The Balaban J connectivity index is 0.000000125. The second kappa shape index (κ2) is 38.8. The molecule has 656 valence electrons. The number of nitrogen functional groups attached to an aromatic ring is 2. The first-order valence-corrected chi connectivity index (χ1v) is 44.3. The Morgan fingerprint density at radius 2 is 0.711 bits per heavy atom. The van der Waals surface area contributed by atoms with Gasteiger partial charge in [0.25, 0.3) is 0 Å². The first kappa shape index (κ1) is 87.9. The molecule has 0 atom stereocenters. The molecule has 4 aromatic carbocycles. The third kappa shape index (κ3) is 20.8. The molecular weight excluding hydrogens is 1730 g/mol. The van der Waals surface area contributed by atoms with Crippen LogP contribution in [-0.4, -0.2) is 164 Å². The summed E-state index contributed by atoms with van der Waals surface area (Å²) in [7, 11) is 1.43. The van der Waals surface area contributed by atoms with E-state index in [-0.39, 0.29) is 78.9 Å². The van der Waals surface area contributed by atoms with Gasteiger partial charge in [-0.1, -0.05) is 13.8 Å². The van der Waals surface area contributed by atoms with Crippen molar-refractivity contribution in [2.24, 2.45) is 0 Å². The number of rotatable bonds is 17. The number of nitrogens with two attached hydrogens (primary N) is 2. The molecule has 0 spiro atoms. The fourth-order valence-corrected chi connectivity index (χ4v) is 19.0. The van der Waals surface area contributed by atoms with Crippen LogP contribution in [0, 0.1) is 54.6 Å². The summed E-state index contributed by atoms with van der Waals surface area (Å²) in [6.45, 7) is 13.0. The number of aromatic nitrogens is 15. The Bertz CT molecular complexity index is 6230. The van der Waals surface area contributed by atoms with Gasteiger partial charge in [0.05, 0.1) is 111 Å². The Morgan fingerprint density at radius 3 is 1.09 bits per heavy atom. The maximum atomic E-state index is 13.8. The van der Waals surface area contributed by atoms with Crippen LogP contribution in [0.2, 0.25) is 0 Å². The van der Waals surface area contributed by atoms with E-state index in [0.29, 0.717) is 150 Å². The lowest BCUT2D eigenvalue weighted by Gasteiger charge is -2.21.